The van der Waals surface area contributed by atoms with E-state index in [-0.39, 0.29) is 5.91 Å². The first kappa shape index (κ1) is 16.1. The number of nitrogens with zero attached hydrogens (tertiary/aromatic N) is 2. The van der Waals surface area contributed by atoms with E-state index in [9.17, 15) is 4.79 Å². The second kappa shape index (κ2) is 7.64. The molecule has 1 aromatic carbocycles. The fourth-order valence-corrected chi connectivity index (χ4v) is 3.56. The number of benzene rings is 1. The van der Waals surface area contributed by atoms with Crippen molar-refractivity contribution in [1.29, 1.82) is 0 Å². The Morgan fingerprint density at radius 2 is 2.00 bits per heavy atom. The van der Waals surface area contributed by atoms with E-state index >= 15 is 0 Å². The zero-order chi connectivity index (χ0) is 16.1. The van der Waals surface area contributed by atoms with Crippen LogP contribution in [-0.4, -0.2) is 55.0 Å². The monoisotopic (exact) mass is 314 g/mol. The van der Waals surface area contributed by atoms with Crippen LogP contribution in [0, 0.1) is 0 Å². The van der Waals surface area contributed by atoms with Crippen LogP contribution in [0.4, 0.5) is 0 Å². The topological polar surface area (TPSA) is 32.8 Å². The van der Waals surface area contributed by atoms with Crippen LogP contribution < -0.4 is 4.74 Å². The number of rotatable bonds is 3. The van der Waals surface area contributed by atoms with Gasteiger partial charge in [-0.2, -0.15) is 0 Å². The van der Waals surface area contributed by atoms with Crippen LogP contribution in [0.3, 0.4) is 0 Å². The zero-order valence-corrected chi connectivity index (χ0v) is 13.9. The molecule has 4 heteroatoms. The Hall–Kier alpha value is -1.81. The first-order valence-electron chi connectivity index (χ1n) is 8.62. The molecule has 0 N–H and O–H groups in total. The molecule has 124 valence electrons. The van der Waals surface area contributed by atoms with Gasteiger partial charge in [0.1, 0.15) is 5.75 Å². The van der Waals surface area contributed by atoms with Crippen LogP contribution in [0.1, 0.15) is 36.0 Å². The summed E-state index contributed by atoms with van der Waals surface area (Å²) in [6.07, 6.45) is 9.42. The van der Waals surface area contributed by atoms with E-state index in [4.69, 9.17) is 4.74 Å². The van der Waals surface area contributed by atoms with Crippen molar-refractivity contribution in [2.75, 3.05) is 33.3 Å². The average molecular weight is 314 g/mol. The molecule has 1 heterocycles. The van der Waals surface area contributed by atoms with Gasteiger partial charge in [-0.05, 0) is 37.8 Å². The van der Waals surface area contributed by atoms with Gasteiger partial charge in [0.15, 0.2) is 0 Å². The molecule has 23 heavy (non-hydrogen) atoms. The molecule has 0 aromatic heterocycles. The normalized spacial score (nSPS) is 22.7. The Morgan fingerprint density at radius 3 is 2.78 bits per heavy atom. The Bertz CT molecular complexity index is 570. The van der Waals surface area contributed by atoms with Gasteiger partial charge in [0.05, 0.1) is 12.7 Å². The van der Waals surface area contributed by atoms with E-state index in [0.717, 1.165) is 32.6 Å². The summed E-state index contributed by atoms with van der Waals surface area (Å²) < 4.78 is 5.34. The Morgan fingerprint density at radius 1 is 1.13 bits per heavy atom. The number of hydrogen-bond donors (Lipinski definition) is 0. The molecule has 0 unspecified atom stereocenters. The second-order valence-electron chi connectivity index (χ2n) is 6.31. The van der Waals surface area contributed by atoms with Crippen molar-refractivity contribution in [1.82, 2.24) is 9.80 Å². The van der Waals surface area contributed by atoms with E-state index in [1.165, 1.54) is 19.3 Å². The molecule has 1 fully saturated rings. The average Bonchev–Trinajstić information content (AvgIpc) is 2.88. The van der Waals surface area contributed by atoms with Crippen molar-refractivity contribution >= 4 is 5.91 Å². The SMILES string of the molecule is COc1ccccc1C(=O)N1CCCN([C@H]2C=CCCC2)CC1. The van der Waals surface area contributed by atoms with E-state index < -0.39 is 0 Å². The maximum absolute atomic E-state index is 12.8. The number of ether oxygens (including phenoxy) is 1. The third kappa shape index (κ3) is 3.75. The number of amides is 1. The molecule has 1 aliphatic carbocycles. The van der Waals surface area contributed by atoms with Crippen LogP contribution in [0.5, 0.6) is 5.75 Å². The van der Waals surface area contributed by atoms with Crippen LogP contribution in [-0.2, 0) is 0 Å². The van der Waals surface area contributed by atoms with Crippen molar-refractivity contribution < 1.29 is 9.53 Å². The van der Waals surface area contributed by atoms with Gasteiger partial charge >= 0.3 is 0 Å². The van der Waals surface area contributed by atoms with Crippen LogP contribution in [0.25, 0.3) is 0 Å². The summed E-state index contributed by atoms with van der Waals surface area (Å²) in [5.41, 5.74) is 0.668. The van der Waals surface area contributed by atoms with Gasteiger partial charge in [-0.15, -0.1) is 0 Å². The fraction of sp³-hybridized carbons (Fsp3) is 0.526. The molecule has 1 amide bonds. The molecule has 0 radical (unpaired) electrons. The minimum absolute atomic E-state index is 0.0866. The number of carbonyl (C=O) groups is 1. The zero-order valence-electron chi connectivity index (χ0n) is 13.9. The lowest BCUT2D eigenvalue weighted by molar-refractivity contribution is 0.0756. The number of para-hydroxylation sites is 1. The lowest BCUT2D eigenvalue weighted by Crippen LogP contribution is -2.39. The van der Waals surface area contributed by atoms with E-state index in [1.54, 1.807) is 7.11 Å². The summed E-state index contributed by atoms with van der Waals surface area (Å²) in [4.78, 5) is 17.3. The minimum Gasteiger partial charge on any atom is -0.496 e. The molecule has 1 aromatic rings. The lowest BCUT2D eigenvalue weighted by atomic mass is 10.0. The molecule has 1 saturated heterocycles. The molecule has 2 aliphatic rings. The highest BCUT2D eigenvalue weighted by molar-refractivity contribution is 5.97. The van der Waals surface area contributed by atoms with Crippen molar-refractivity contribution in [3.05, 3.63) is 42.0 Å². The predicted molar refractivity (Wildman–Crippen MR) is 91.9 cm³/mol. The Labute approximate surface area is 138 Å². The first-order chi connectivity index (χ1) is 11.3. The van der Waals surface area contributed by atoms with Crippen LogP contribution >= 0.6 is 0 Å². The summed E-state index contributed by atoms with van der Waals surface area (Å²) in [5.74, 6) is 0.748. The first-order valence-corrected chi connectivity index (χ1v) is 8.62. The largest absolute Gasteiger partial charge is 0.496 e. The summed E-state index contributed by atoms with van der Waals surface area (Å²) >= 11 is 0. The van der Waals surface area contributed by atoms with Gasteiger partial charge in [-0.25, -0.2) is 0 Å². The number of methoxy groups -OCH3 is 1. The Kier molecular flexibility index (Phi) is 5.34. The standard InChI is InChI=1S/C19H26N2O2/c1-23-18-11-6-5-10-17(18)19(22)21-13-7-12-20(14-15-21)16-8-3-2-4-9-16/h3,5-6,8,10-11,16H,2,4,7,9,12-15H2,1H3/t16-/m0/s1. The highest BCUT2D eigenvalue weighted by atomic mass is 16.5. The van der Waals surface area contributed by atoms with Crippen LogP contribution in [0.2, 0.25) is 0 Å². The highest BCUT2D eigenvalue weighted by Crippen LogP contribution is 2.22. The fourth-order valence-electron chi connectivity index (χ4n) is 3.56. The van der Waals surface area contributed by atoms with Crippen molar-refractivity contribution in [2.24, 2.45) is 0 Å². The molecule has 1 aliphatic heterocycles. The van der Waals surface area contributed by atoms with E-state index in [0.29, 0.717) is 17.4 Å². The highest BCUT2D eigenvalue weighted by Gasteiger charge is 2.25. The third-order valence-corrected chi connectivity index (χ3v) is 4.85. The van der Waals surface area contributed by atoms with Crippen molar-refractivity contribution in [3.63, 3.8) is 0 Å². The van der Waals surface area contributed by atoms with E-state index in [2.05, 4.69) is 17.1 Å². The summed E-state index contributed by atoms with van der Waals surface area (Å²) in [6, 6.07) is 8.06. The van der Waals surface area contributed by atoms with Gasteiger partial charge in [-0.3, -0.25) is 9.69 Å². The molecule has 0 saturated carbocycles. The number of carbonyl (C=O) groups excluding carboxylic acids is 1. The lowest BCUT2D eigenvalue weighted by Gasteiger charge is -2.30. The van der Waals surface area contributed by atoms with Crippen LogP contribution in [0.15, 0.2) is 36.4 Å². The number of allylic oxidation sites excluding steroid dienone is 1. The maximum Gasteiger partial charge on any atom is 0.257 e. The van der Waals surface area contributed by atoms with Gasteiger partial charge in [0, 0.05) is 32.2 Å². The van der Waals surface area contributed by atoms with Gasteiger partial charge in [-0.1, -0.05) is 24.3 Å². The van der Waals surface area contributed by atoms with Gasteiger partial charge in [0.2, 0.25) is 0 Å². The maximum atomic E-state index is 12.8. The molecule has 0 spiro atoms. The predicted octanol–water partition coefficient (Wildman–Crippen LogP) is 2.95. The summed E-state index contributed by atoms with van der Waals surface area (Å²) in [7, 11) is 1.62. The molecular formula is C19H26N2O2. The van der Waals surface area contributed by atoms with Crippen molar-refractivity contribution in [3.8, 4) is 5.75 Å². The molecule has 0 bridgehead atoms. The molecular weight excluding hydrogens is 288 g/mol. The van der Waals surface area contributed by atoms with Gasteiger partial charge < -0.3 is 9.64 Å². The summed E-state index contributed by atoms with van der Waals surface area (Å²) in [5, 5.41) is 0. The Balaban J connectivity index is 1.66. The third-order valence-electron chi connectivity index (χ3n) is 4.85. The summed E-state index contributed by atoms with van der Waals surface area (Å²) in [6.45, 7) is 3.64. The second-order valence-corrected chi connectivity index (χ2v) is 6.31. The molecule has 3 rings (SSSR count). The quantitative estimate of drug-likeness (QED) is 0.804. The molecule has 1 atom stereocenters. The minimum atomic E-state index is 0.0866. The van der Waals surface area contributed by atoms with E-state index in [1.807, 2.05) is 29.2 Å². The van der Waals surface area contributed by atoms with Crippen molar-refractivity contribution in [2.45, 2.75) is 31.7 Å². The smallest absolute Gasteiger partial charge is 0.257 e. The molecule has 4 nitrogen and oxygen atoms in total. The number of hydrogen-bond acceptors (Lipinski definition) is 3. The van der Waals surface area contributed by atoms with Gasteiger partial charge in [0.25, 0.3) is 5.91 Å².